The normalized spacial score (nSPS) is 11.1. The number of ether oxygens (including phenoxy) is 1. The van der Waals surface area contributed by atoms with Crippen LogP contribution in [0.4, 0.5) is 14.9 Å². The first-order valence-electron chi connectivity index (χ1n) is 9.86. The van der Waals surface area contributed by atoms with Crippen LogP contribution in [0.25, 0.3) is 0 Å². The second-order valence-electron chi connectivity index (χ2n) is 6.99. The van der Waals surface area contributed by atoms with Crippen LogP contribution >= 0.6 is 11.6 Å². The Morgan fingerprint density at radius 1 is 1.00 bits per heavy atom. The van der Waals surface area contributed by atoms with Crippen LogP contribution in [-0.4, -0.2) is 39.6 Å². The van der Waals surface area contributed by atoms with E-state index in [1.807, 2.05) is 0 Å². The highest BCUT2D eigenvalue weighted by atomic mass is 35.5. The second kappa shape index (κ2) is 11.1. The smallest absolute Gasteiger partial charge is 0.339 e. The Labute approximate surface area is 196 Å². The lowest BCUT2D eigenvalue weighted by Gasteiger charge is -2.23. The maximum atomic E-state index is 13.0. The van der Waals surface area contributed by atoms with Crippen molar-refractivity contribution in [3.05, 3.63) is 89.2 Å². The van der Waals surface area contributed by atoms with Gasteiger partial charge in [0, 0.05) is 30.9 Å². The molecule has 0 fully saturated rings. The van der Waals surface area contributed by atoms with Gasteiger partial charge in [-0.3, -0.25) is 0 Å². The molecule has 0 saturated carbocycles. The minimum atomic E-state index is -4.10. The number of carbonyl (C=O) groups is 1. The van der Waals surface area contributed by atoms with E-state index in [0.29, 0.717) is 23.9 Å². The molecule has 0 radical (unpaired) electrons. The van der Waals surface area contributed by atoms with Crippen molar-refractivity contribution < 1.29 is 26.5 Å². The van der Waals surface area contributed by atoms with Crippen molar-refractivity contribution in [2.45, 2.75) is 11.4 Å². The van der Waals surface area contributed by atoms with Crippen LogP contribution in [0.3, 0.4) is 0 Å². The van der Waals surface area contributed by atoms with E-state index in [9.17, 15) is 17.6 Å². The molecule has 3 aromatic rings. The predicted molar refractivity (Wildman–Crippen MR) is 123 cm³/mol. The summed E-state index contributed by atoms with van der Waals surface area (Å²) in [6.07, 6.45) is 0. The summed E-state index contributed by atoms with van der Waals surface area (Å²) in [5.74, 6) is -0.450. The maximum absolute atomic E-state index is 13.0. The summed E-state index contributed by atoms with van der Waals surface area (Å²) in [7, 11) is -2.55. The first-order chi connectivity index (χ1) is 15.8. The molecule has 0 heterocycles. The lowest BCUT2D eigenvalue weighted by Crippen LogP contribution is -2.36. The molecule has 0 saturated heterocycles. The zero-order valence-corrected chi connectivity index (χ0v) is 19.3. The first kappa shape index (κ1) is 24.5. The molecular weight excluding hydrogens is 471 g/mol. The first-order valence-corrected chi connectivity index (χ1v) is 11.6. The van der Waals surface area contributed by atoms with Crippen molar-refractivity contribution in [2.75, 3.05) is 25.6 Å². The number of methoxy groups -OCH3 is 1. The second-order valence-corrected chi connectivity index (χ2v) is 8.97. The van der Waals surface area contributed by atoms with Crippen molar-refractivity contribution in [3.8, 4) is 5.75 Å². The fraction of sp³-hybridized carbons (Fsp3) is 0.174. The summed E-state index contributed by atoms with van der Waals surface area (Å²) in [5.41, 5.74) is 1.35. The SMILES string of the molecule is COCCN(Cc1ccc(OS(=O)(=O)c2ccc(F)cc2)cc1)C(=O)Nc1ccc(Cl)cc1. The van der Waals surface area contributed by atoms with E-state index in [1.165, 1.54) is 12.1 Å². The quantitative estimate of drug-likeness (QED) is 0.428. The van der Waals surface area contributed by atoms with Gasteiger partial charge in [0.25, 0.3) is 0 Å². The average Bonchev–Trinajstić information content (AvgIpc) is 2.79. The Balaban J connectivity index is 1.67. The van der Waals surface area contributed by atoms with Gasteiger partial charge >= 0.3 is 16.1 Å². The number of nitrogens with one attached hydrogen (secondary N) is 1. The molecule has 0 atom stereocenters. The summed E-state index contributed by atoms with van der Waals surface area (Å²) in [4.78, 5) is 14.1. The van der Waals surface area contributed by atoms with Crippen LogP contribution in [0.5, 0.6) is 5.75 Å². The number of hydrogen-bond acceptors (Lipinski definition) is 5. The molecule has 0 aliphatic rings. The largest absolute Gasteiger partial charge is 0.383 e. The van der Waals surface area contributed by atoms with E-state index in [0.717, 1.165) is 29.8 Å². The molecule has 0 unspecified atom stereocenters. The lowest BCUT2D eigenvalue weighted by molar-refractivity contribution is 0.153. The lowest BCUT2D eigenvalue weighted by atomic mass is 10.2. The molecule has 0 aliphatic heterocycles. The van der Waals surface area contributed by atoms with Crippen LogP contribution in [0.1, 0.15) is 5.56 Å². The third-order valence-electron chi connectivity index (χ3n) is 4.55. The molecule has 3 aromatic carbocycles. The summed E-state index contributed by atoms with van der Waals surface area (Å²) >= 11 is 5.88. The molecule has 0 bridgehead atoms. The van der Waals surface area contributed by atoms with Crippen LogP contribution < -0.4 is 9.50 Å². The molecular formula is C23H22ClFN2O5S. The highest BCUT2D eigenvalue weighted by molar-refractivity contribution is 7.87. The van der Waals surface area contributed by atoms with Gasteiger partial charge in [-0.25, -0.2) is 9.18 Å². The maximum Gasteiger partial charge on any atom is 0.339 e. The van der Waals surface area contributed by atoms with Gasteiger partial charge in [-0.15, -0.1) is 0 Å². The van der Waals surface area contributed by atoms with E-state index in [-0.39, 0.29) is 23.2 Å². The number of carbonyl (C=O) groups excluding carboxylic acids is 1. The van der Waals surface area contributed by atoms with E-state index < -0.39 is 15.9 Å². The molecule has 7 nitrogen and oxygen atoms in total. The van der Waals surface area contributed by atoms with Crippen LogP contribution in [0, 0.1) is 5.82 Å². The van der Waals surface area contributed by atoms with Gasteiger partial charge in [-0.05, 0) is 66.2 Å². The molecule has 0 spiro atoms. The predicted octanol–water partition coefficient (Wildman–Crippen LogP) is 4.93. The number of halogens is 2. The van der Waals surface area contributed by atoms with Crippen LogP contribution in [0.15, 0.2) is 77.7 Å². The van der Waals surface area contributed by atoms with E-state index in [4.69, 9.17) is 20.5 Å². The van der Waals surface area contributed by atoms with Gasteiger partial charge in [0.2, 0.25) is 0 Å². The zero-order valence-electron chi connectivity index (χ0n) is 17.7. The third-order valence-corrected chi connectivity index (χ3v) is 6.07. The molecule has 0 aromatic heterocycles. The van der Waals surface area contributed by atoms with Crippen molar-refractivity contribution in [3.63, 3.8) is 0 Å². The van der Waals surface area contributed by atoms with Crippen LogP contribution in [0.2, 0.25) is 5.02 Å². The highest BCUT2D eigenvalue weighted by Gasteiger charge is 2.18. The van der Waals surface area contributed by atoms with Crippen molar-refractivity contribution in [1.82, 2.24) is 4.90 Å². The number of hydrogen-bond donors (Lipinski definition) is 1. The van der Waals surface area contributed by atoms with Gasteiger partial charge in [0.1, 0.15) is 16.5 Å². The minimum absolute atomic E-state index is 0.0946. The van der Waals surface area contributed by atoms with Crippen molar-refractivity contribution in [2.24, 2.45) is 0 Å². The van der Waals surface area contributed by atoms with Gasteiger partial charge < -0.3 is 19.1 Å². The Morgan fingerprint density at radius 3 is 2.24 bits per heavy atom. The summed E-state index contributed by atoms with van der Waals surface area (Å²) < 4.78 is 48.0. The molecule has 3 rings (SSSR count). The Kier molecular flexibility index (Phi) is 8.26. The number of anilines is 1. The van der Waals surface area contributed by atoms with Gasteiger partial charge in [0.05, 0.1) is 6.61 Å². The van der Waals surface area contributed by atoms with E-state index in [1.54, 1.807) is 48.4 Å². The summed E-state index contributed by atoms with van der Waals surface area (Å²) in [6.45, 7) is 0.937. The van der Waals surface area contributed by atoms with Gasteiger partial charge in [-0.2, -0.15) is 8.42 Å². The number of benzene rings is 3. The molecule has 2 amide bonds. The molecule has 0 aliphatic carbocycles. The van der Waals surface area contributed by atoms with Gasteiger partial charge in [0.15, 0.2) is 0 Å². The summed E-state index contributed by atoms with van der Waals surface area (Å²) in [5, 5.41) is 3.37. The van der Waals surface area contributed by atoms with Crippen molar-refractivity contribution in [1.29, 1.82) is 0 Å². The molecule has 174 valence electrons. The minimum Gasteiger partial charge on any atom is -0.383 e. The number of nitrogens with zero attached hydrogens (tertiary/aromatic N) is 1. The number of rotatable bonds is 9. The average molecular weight is 493 g/mol. The van der Waals surface area contributed by atoms with Crippen molar-refractivity contribution >= 4 is 33.4 Å². The summed E-state index contributed by atoms with van der Waals surface area (Å²) in [6, 6.07) is 17.1. The fourth-order valence-electron chi connectivity index (χ4n) is 2.84. The zero-order chi connectivity index (χ0) is 23.8. The molecule has 33 heavy (non-hydrogen) atoms. The number of urea groups is 1. The fourth-order valence-corrected chi connectivity index (χ4v) is 3.89. The number of amides is 2. The monoisotopic (exact) mass is 492 g/mol. The highest BCUT2D eigenvalue weighted by Crippen LogP contribution is 2.21. The Hall–Kier alpha value is -3.14. The molecule has 1 N–H and O–H groups in total. The van der Waals surface area contributed by atoms with E-state index >= 15 is 0 Å². The molecule has 10 heteroatoms. The van der Waals surface area contributed by atoms with Gasteiger partial charge in [-0.1, -0.05) is 23.7 Å². The van der Waals surface area contributed by atoms with E-state index in [2.05, 4.69) is 5.32 Å². The topological polar surface area (TPSA) is 84.9 Å². The Morgan fingerprint density at radius 2 is 1.64 bits per heavy atom. The van der Waals surface area contributed by atoms with Crippen LogP contribution in [-0.2, 0) is 21.4 Å². The Bertz CT molecular complexity index is 1170. The third kappa shape index (κ3) is 7.18. The standard InChI is InChI=1S/C23H22ClFN2O5S/c1-31-15-14-27(23(28)26-20-8-4-18(24)5-9-20)16-17-2-10-21(11-3-17)32-33(29,30)22-12-6-19(25)7-13-22/h2-13H,14-16H2,1H3,(H,26,28).